The Bertz CT molecular complexity index is 673. The van der Waals surface area contributed by atoms with Crippen molar-refractivity contribution in [3.8, 4) is 5.75 Å². The predicted octanol–water partition coefficient (Wildman–Crippen LogP) is 3.05. The summed E-state index contributed by atoms with van der Waals surface area (Å²) < 4.78 is 6.04. The van der Waals surface area contributed by atoms with Crippen LogP contribution in [0.1, 0.15) is 43.5 Å². The van der Waals surface area contributed by atoms with Gasteiger partial charge in [-0.25, -0.2) is 0 Å². The number of amides is 2. The highest BCUT2D eigenvalue weighted by molar-refractivity contribution is 6.32. The van der Waals surface area contributed by atoms with Crippen LogP contribution in [0.4, 0.5) is 0 Å². The maximum absolute atomic E-state index is 12.3. The van der Waals surface area contributed by atoms with Crippen molar-refractivity contribution < 1.29 is 14.3 Å². The number of rotatable bonds is 8. The molecule has 1 N–H and O–H groups in total. The Hall–Kier alpha value is -1.79. The maximum atomic E-state index is 12.3. The third-order valence-corrected chi connectivity index (χ3v) is 5.42. The lowest BCUT2D eigenvalue weighted by Crippen LogP contribution is -2.43. The zero-order chi connectivity index (χ0) is 20.7. The van der Waals surface area contributed by atoms with Crippen molar-refractivity contribution in [2.75, 3.05) is 40.3 Å². The number of carbonyl (C=O) groups excluding carboxylic acids is 2. The van der Waals surface area contributed by atoms with Gasteiger partial charge in [0.05, 0.1) is 5.02 Å². The summed E-state index contributed by atoms with van der Waals surface area (Å²) >= 11 is 6.34. The monoisotopic (exact) mass is 409 g/mol. The van der Waals surface area contributed by atoms with E-state index >= 15 is 0 Å². The molecule has 1 aliphatic heterocycles. The van der Waals surface area contributed by atoms with Gasteiger partial charge in [-0.2, -0.15) is 0 Å². The van der Waals surface area contributed by atoms with Crippen LogP contribution in [-0.2, 0) is 4.79 Å². The van der Waals surface area contributed by atoms with E-state index in [0.717, 1.165) is 25.8 Å². The van der Waals surface area contributed by atoms with Gasteiger partial charge in [0, 0.05) is 50.5 Å². The fourth-order valence-corrected chi connectivity index (χ4v) is 3.32. The molecule has 1 saturated heterocycles. The number of benzene rings is 1. The number of carbonyl (C=O) groups is 2. The molecule has 2 amide bonds. The largest absolute Gasteiger partial charge is 0.489 e. The highest BCUT2D eigenvalue weighted by atomic mass is 35.5. The Morgan fingerprint density at radius 2 is 2.00 bits per heavy atom. The number of nitrogens with one attached hydrogen (secondary N) is 1. The first-order valence-electron chi connectivity index (χ1n) is 9.99. The highest BCUT2D eigenvalue weighted by Gasteiger charge is 2.26. The fraction of sp³-hybridized carbons (Fsp3) is 0.619. The summed E-state index contributed by atoms with van der Waals surface area (Å²) in [6.45, 7) is 6.78. The standard InChI is InChI=1S/C21H32ClN3O3/c1-5-15(2)21(27)25-11-8-17(9-12-25)28-19-7-6-16(14-18(19)22)20(26)23-10-13-24(3)4/h6-7,14-15,17H,5,8-13H2,1-4H3,(H,23,26). The van der Waals surface area contributed by atoms with E-state index in [1.807, 2.05) is 37.7 Å². The quantitative estimate of drug-likeness (QED) is 0.716. The van der Waals surface area contributed by atoms with Crippen LogP contribution in [0.15, 0.2) is 18.2 Å². The van der Waals surface area contributed by atoms with Crippen molar-refractivity contribution in [3.05, 3.63) is 28.8 Å². The van der Waals surface area contributed by atoms with Gasteiger partial charge in [-0.15, -0.1) is 0 Å². The zero-order valence-electron chi connectivity index (χ0n) is 17.3. The molecule has 0 saturated carbocycles. The van der Waals surface area contributed by atoms with E-state index in [0.29, 0.717) is 36.0 Å². The van der Waals surface area contributed by atoms with E-state index in [4.69, 9.17) is 16.3 Å². The van der Waals surface area contributed by atoms with Crippen LogP contribution < -0.4 is 10.1 Å². The first kappa shape index (κ1) is 22.5. The molecule has 0 aromatic heterocycles. The van der Waals surface area contributed by atoms with Gasteiger partial charge in [-0.3, -0.25) is 9.59 Å². The average Bonchev–Trinajstić information content (AvgIpc) is 2.68. The van der Waals surface area contributed by atoms with E-state index in [1.54, 1.807) is 18.2 Å². The van der Waals surface area contributed by atoms with Gasteiger partial charge in [0.2, 0.25) is 5.91 Å². The van der Waals surface area contributed by atoms with E-state index in [-0.39, 0.29) is 23.8 Å². The van der Waals surface area contributed by atoms with Crippen LogP contribution in [0.25, 0.3) is 0 Å². The minimum Gasteiger partial charge on any atom is -0.489 e. The molecule has 7 heteroatoms. The SMILES string of the molecule is CCC(C)C(=O)N1CCC(Oc2ccc(C(=O)NCCN(C)C)cc2Cl)CC1. The highest BCUT2D eigenvalue weighted by Crippen LogP contribution is 2.28. The number of ether oxygens (including phenoxy) is 1. The van der Waals surface area contributed by atoms with Crippen LogP contribution in [0.2, 0.25) is 5.02 Å². The molecule has 0 spiro atoms. The third-order valence-electron chi connectivity index (χ3n) is 5.12. The van der Waals surface area contributed by atoms with E-state index in [2.05, 4.69) is 5.32 Å². The molecule has 1 aliphatic rings. The first-order valence-corrected chi connectivity index (χ1v) is 10.4. The van der Waals surface area contributed by atoms with Gasteiger partial charge >= 0.3 is 0 Å². The van der Waals surface area contributed by atoms with Crippen molar-refractivity contribution >= 4 is 23.4 Å². The van der Waals surface area contributed by atoms with Crippen molar-refractivity contribution in [2.24, 2.45) is 5.92 Å². The van der Waals surface area contributed by atoms with Gasteiger partial charge < -0.3 is 19.9 Å². The van der Waals surface area contributed by atoms with Crippen molar-refractivity contribution in [2.45, 2.75) is 39.2 Å². The zero-order valence-corrected chi connectivity index (χ0v) is 18.1. The summed E-state index contributed by atoms with van der Waals surface area (Å²) in [7, 11) is 3.92. The molecule has 0 radical (unpaired) electrons. The second-order valence-electron chi connectivity index (χ2n) is 7.66. The number of hydrogen-bond acceptors (Lipinski definition) is 4. The molecule has 1 unspecified atom stereocenters. The maximum Gasteiger partial charge on any atom is 0.251 e. The summed E-state index contributed by atoms with van der Waals surface area (Å²) in [5, 5.41) is 3.30. The summed E-state index contributed by atoms with van der Waals surface area (Å²) in [6, 6.07) is 5.12. The molecule has 156 valence electrons. The second kappa shape index (κ2) is 10.7. The van der Waals surface area contributed by atoms with E-state index < -0.39 is 0 Å². The number of nitrogens with zero attached hydrogens (tertiary/aromatic N) is 2. The Kier molecular flexibility index (Phi) is 8.58. The first-order chi connectivity index (χ1) is 13.3. The lowest BCUT2D eigenvalue weighted by Gasteiger charge is -2.33. The van der Waals surface area contributed by atoms with E-state index in [9.17, 15) is 9.59 Å². The second-order valence-corrected chi connectivity index (χ2v) is 8.06. The Morgan fingerprint density at radius 1 is 1.32 bits per heavy atom. The Balaban J connectivity index is 1.87. The average molecular weight is 410 g/mol. The Morgan fingerprint density at radius 3 is 2.57 bits per heavy atom. The number of likely N-dealkylation sites (tertiary alicyclic amines) is 1. The minimum atomic E-state index is -0.146. The number of piperidine rings is 1. The molecular formula is C21H32ClN3O3. The van der Waals surface area contributed by atoms with E-state index in [1.165, 1.54) is 0 Å². The van der Waals surface area contributed by atoms with Crippen LogP contribution in [0.3, 0.4) is 0 Å². The molecule has 1 atom stereocenters. The smallest absolute Gasteiger partial charge is 0.251 e. The van der Waals surface area contributed by atoms with Gasteiger partial charge in [-0.05, 0) is 38.7 Å². The van der Waals surface area contributed by atoms with Gasteiger partial charge in [0.15, 0.2) is 0 Å². The topological polar surface area (TPSA) is 61.9 Å². The molecule has 0 bridgehead atoms. The summed E-state index contributed by atoms with van der Waals surface area (Å²) in [4.78, 5) is 28.4. The molecule has 28 heavy (non-hydrogen) atoms. The van der Waals surface area contributed by atoms with Crippen LogP contribution in [0, 0.1) is 5.92 Å². The van der Waals surface area contributed by atoms with Crippen LogP contribution in [0.5, 0.6) is 5.75 Å². The van der Waals surface area contributed by atoms with Crippen molar-refractivity contribution in [1.29, 1.82) is 0 Å². The molecule has 1 aromatic carbocycles. The normalized spacial score (nSPS) is 16.1. The summed E-state index contributed by atoms with van der Waals surface area (Å²) in [5.41, 5.74) is 0.519. The molecule has 0 aliphatic carbocycles. The number of hydrogen-bond donors (Lipinski definition) is 1. The summed E-state index contributed by atoms with van der Waals surface area (Å²) in [5.74, 6) is 0.734. The predicted molar refractivity (Wildman–Crippen MR) is 112 cm³/mol. The lowest BCUT2D eigenvalue weighted by atomic mass is 10.0. The fourth-order valence-electron chi connectivity index (χ4n) is 3.09. The Labute approximate surface area is 173 Å². The van der Waals surface area contributed by atoms with Gasteiger partial charge in [-0.1, -0.05) is 25.4 Å². The minimum absolute atomic E-state index is 0.0262. The number of halogens is 1. The molecular weight excluding hydrogens is 378 g/mol. The lowest BCUT2D eigenvalue weighted by molar-refractivity contribution is -0.136. The molecule has 6 nitrogen and oxygen atoms in total. The van der Waals surface area contributed by atoms with Crippen molar-refractivity contribution in [1.82, 2.24) is 15.1 Å². The van der Waals surface area contributed by atoms with Crippen molar-refractivity contribution in [3.63, 3.8) is 0 Å². The summed E-state index contributed by atoms with van der Waals surface area (Å²) in [6.07, 6.45) is 2.45. The third kappa shape index (κ3) is 6.38. The van der Waals surface area contributed by atoms with Gasteiger partial charge in [0.25, 0.3) is 5.91 Å². The molecule has 1 aromatic rings. The van der Waals surface area contributed by atoms with Crippen LogP contribution in [-0.4, -0.2) is 68.0 Å². The van der Waals surface area contributed by atoms with Crippen LogP contribution >= 0.6 is 11.6 Å². The molecule has 1 fully saturated rings. The molecule has 1 heterocycles. The molecule has 2 rings (SSSR count). The van der Waals surface area contributed by atoms with Gasteiger partial charge in [0.1, 0.15) is 11.9 Å². The number of likely N-dealkylation sites (N-methyl/N-ethyl adjacent to an activating group) is 1.